The lowest BCUT2D eigenvalue weighted by Crippen LogP contribution is -2.05. The topological polar surface area (TPSA) is 43.4 Å². The van der Waals surface area contributed by atoms with E-state index in [-0.39, 0.29) is 24.6 Å². The maximum absolute atomic E-state index is 11.8. The Hall–Kier alpha value is -1.06. The Morgan fingerprint density at radius 1 is 1.11 bits per heavy atom. The minimum Gasteiger partial charge on any atom is -0.466 e. The lowest BCUT2D eigenvalue weighted by Gasteiger charge is -2.03. The highest BCUT2D eigenvalue weighted by molar-refractivity contribution is 6.35. The zero-order valence-electron chi connectivity index (χ0n) is 10.0. The summed E-state index contributed by atoms with van der Waals surface area (Å²) >= 11 is 11.6. The molecule has 0 aliphatic heterocycles. The van der Waals surface area contributed by atoms with E-state index >= 15 is 0 Å². The Bertz CT molecular complexity index is 424. The summed E-state index contributed by atoms with van der Waals surface area (Å²) in [5, 5.41) is 0.854. The van der Waals surface area contributed by atoms with Crippen molar-refractivity contribution in [2.75, 3.05) is 6.61 Å². The number of hydrogen-bond donors (Lipinski definition) is 0. The Labute approximate surface area is 116 Å². The van der Waals surface area contributed by atoms with Gasteiger partial charge in [0, 0.05) is 28.5 Å². The first-order valence-corrected chi connectivity index (χ1v) is 6.43. The van der Waals surface area contributed by atoms with Crippen LogP contribution >= 0.6 is 23.2 Å². The summed E-state index contributed by atoms with van der Waals surface area (Å²) in [5.41, 5.74) is 0.469. The van der Waals surface area contributed by atoms with E-state index in [1.165, 1.54) is 0 Å². The number of benzene rings is 1. The van der Waals surface area contributed by atoms with Crippen molar-refractivity contribution in [3.63, 3.8) is 0 Å². The van der Waals surface area contributed by atoms with Gasteiger partial charge in [-0.25, -0.2) is 0 Å². The van der Waals surface area contributed by atoms with E-state index in [9.17, 15) is 9.59 Å². The highest BCUT2D eigenvalue weighted by Crippen LogP contribution is 2.20. The van der Waals surface area contributed by atoms with Gasteiger partial charge in [0.15, 0.2) is 5.78 Å². The lowest BCUT2D eigenvalue weighted by atomic mass is 10.1. The van der Waals surface area contributed by atoms with Gasteiger partial charge < -0.3 is 4.74 Å². The molecule has 0 bridgehead atoms. The molecule has 0 aromatic heterocycles. The van der Waals surface area contributed by atoms with Gasteiger partial charge in [-0.3, -0.25) is 9.59 Å². The molecule has 0 aliphatic rings. The summed E-state index contributed by atoms with van der Waals surface area (Å²) in [6.45, 7) is 2.10. The van der Waals surface area contributed by atoms with Crippen molar-refractivity contribution in [3.8, 4) is 0 Å². The van der Waals surface area contributed by atoms with Crippen molar-refractivity contribution in [2.45, 2.75) is 26.2 Å². The number of rotatable bonds is 6. The molecule has 0 fully saturated rings. The van der Waals surface area contributed by atoms with Crippen molar-refractivity contribution in [2.24, 2.45) is 0 Å². The highest BCUT2D eigenvalue weighted by Gasteiger charge is 2.09. The number of hydrogen-bond acceptors (Lipinski definition) is 3. The normalized spacial score (nSPS) is 10.2. The maximum Gasteiger partial charge on any atom is 0.305 e. The molecule has 98 valence electrons. The number of ketones is 1. The summed E-state index contributed by atoms with van der Waals surface area (Å²) in [6.07, 6.45) is 0.977. The molecule has 1 aromatic rings. The van der Waals surface area contributed by atoms with Crippen LogP contribution in [-0.4, -0.2) is 18.4 Å². The molecule has 0 atom stereocenters. The lowest BCUT2D eigenvalue weighted by molar-refractivity contribution is -0.143. The second-order valence-corrected chi connectivity index (χ2v) is 4.61. The molecule has 5 heteroatoms. The summed E-state index contributed by atoms with van der Waals surface area (Å²) in [7, 11) is 0. The predicted molar refractivity (Wildman–Crippen MR) is 71.3 cm³/mol. The van der Waals surface area contributed by atoms with E-state index < -0.39 is 0 Å². The molecule has 0 saturated carbocycles. The SMILES string of the molecule is CCOC(=O)CCCC(=O)c1cc(Cl)cc(Cl)c1. The van der Waals surface area contributed by atoms with E-state index in [2.05, 4.69) is 0 Å². The molecule has 0 unspecified atom stereocenters. The molecule has 0 amide bonds. The van der Waals surface area contributed by atoms with E-state index in [0.29, 0.717) is 28.6 Å². The van der Waals surface area contributed by atoms with Gasteiger partial charge in [-0.1, -0.05) is 23.2 Å². The molecule has 0 spiro atoms. The van der Waals surface area contributed by atoms with Crippen molar-refractivity contribution in [1.82, 2.24) is 0 Å². The summed E-state index contributed by atoms with van der Waals surface area (Å²) in [5.74, 6) is -0.363. The standard InChI is InChI=1S/C13H14Cl2O3/c1-2-18-13(17)5-3-4-12(16)9-6-10(14)8-11(15)7-9/h6-8H,2-5H2,1H3. The van der Waals surface area contributed by atoms with E-state index in [1.54, 1.807) is 25.1 Å². The Morgan fingerprint density at radius 3 is 2.28 bits per heavy atom. The number of Topliss-reactive ketones (excluding diaryl/α,β-unsaturated/α-hetero) is 1. The van der Waals surface area contributed by atoms with Crippen LogP contribution in [0, 0.1) is 0 Å². The van der Waals surface area contributed by atoms with Crippen molar-refractivity contribution < 1.29 is 14.3 Å². The van der Waals surface area contributed by atoms with Gasteiger partial charge >= 0.3 is 5.97 Å². The van der Waals surface area contributed by atoms with Gasteiger partial charge in [0.2, 0.25) is 0 Å². The van der Waals surface area contributed by atoms with Crippen LogP contribution in [0.5, 0.6) is 0 Å². The fourth-order valence-corrected chi connectivity index (χ4v) is 2.01. The van der Waals surface area contributed by atoms with E-state index in [0.717, 1.165) is 0 Å². The van der Waals surface area contributed by atoms with Gasteiger partial charge in [-0.2, -0.15) is 0 Å². The van der Waals surface area contributed by atoms with Gasteiger partial charge in [0.05, 0.1) is 6.61 Å². The largest absolute Gasteiger partial charge is 0.466 e. The Morgan fingerprint density at radius 2 is 1.72 bits per heavy atom. The van der Waals surface area contributed by atoms with Gasteiger partial charge in [0.1, 0.15) is 0 Å². The van der Waals surface area contributed by atoms with Crippen LogP contribution in [-0.2, 0) is 9.53 Å². The van der Waals surface area contributed by atoms with Crippen molar-refractivity contribution in [3.05, 3.63) is 33.8 Å². The first kappa shape index (κ1) is 15.0. The highest BCUT2D eigenvalue weighted by atomic mass is 35.5. The van der Waals surface area contributed by atoms with Crippen LogP contribution in [0.3, 0.4) is 0 Å². The quantitative estimate of drug-likeness (QED) is 0.589. The molecule has 1 aromatic carbocycles. The van der Waals surface area contributed by atoms with Gasteiger partial charge in [0.25, 0.3) is 0 Å². The van der Waals surface area contributed by atoms with Crippen LogP contribution in [0.15, 0.2) is 18.2 Å². The van der Waals surface area contributed by atoms with Crippen LogP contribution in [0.1, 0.15) is 36.5 Å². The van der Waals surface area contributed by atoms with Gasteiger partial charge in [-0.15, -0.1) is 0 Å². The molecular formula is C13H14Cl2O3. The minimum absolute atomic E-state index is 0.0799. The predicted octanol–water partition coefficient (Wildman–Crippen LogP) is 3.91. The molecule has 1 rings (SSSR count). The molecule has 0 N–H and O–H groups in total. The van der Waals surface area contributed by atoms with Crippen LogP contribution in [0.25, 0.3) is 0 Å². The number of ether oxygens (including phenoxy) is 1. The molecule has 3 nitrogen and oxygen atoms in total. The second-order valence-electron chi connectivity index (χ2n) is 3.74. The van der Waals surface area contributed by atoms with Crippen LogP contribution in [0.4, 0.5) is 0 Å². The fourth-order valence-electron chi connectivity index (χ4n) is 1.49. The second kappa shape index (κ2) is 7.39. The van der Waals surface area contributed by atoms with Crippen molar-refractivity contribution >= 4 is 35.0 Å². The molecule has 0 heterocycles. The first-order chi connectivity index (χ1) is 8.52. The van der Waals surface area contributed by atoms with Crippen molar-refractivity contribution in [1.29, 1.82) is 0 Å². The van der Waals surface area contributed by atoms with Gasteiger partial charge in [-0.05, 0) is 31.5 Å². The summed E-state index contributed by atoms with van der Waals surface area (Å²) < 4.78 is 4.78. The monoisotopic (exact) mass is 288 g/mol. The molecule has 0 saturated heterocycles. The van der Waals surface area contributed by atoms with E-state index in [1.807, 2.05) is 0 Å². The molecule has 18 heavy (non-hydrogen) atoms. The zero-order valence-corrected chi connectivity index (χ0v) is 11.6. The first-order valence-electron chi connectivity index (χ1n) is 5.68. The Kier molecular flexibility index (Phi) is 6.16. The zero-order chi connectivity index (χ0) is 13.5. The summed E-state index contributed by atoms with van der Waals surface area (Å²) in [6, 6.07) is 4.71. The van der Waals surface area contributed by atoms with Crippen LogP contribution < -0.4 is 0 Å². The smallest absolute Gasteiger partial charge is 0.305 e. The maximum atomic E-state index is 11.8. The third kappa shape index (κ3) is 5.07. The average Bonchev–Trinajstić information content (AvgIpc) is 2.27. The third-order valence-electron chi connectivity index (χ3n) is 2.27. The average molecular weight is 289 g/mol. The fraction of sp³-hybridized carbons (Fsp3) is 0.385. The molecule has 0 radical (unpaired) electrons. The Balaban J connectivity index is 2.48. The van der Waals surface area contributed by atoms with E-state index in [4.69, 9.17) is 27.9 Å². The number of halogens is 2. The number of carbonyl (C=O) groups excluding carboxylic acids is 2. The number of carbonyl (C=O) groups is 2. The number of esters is 1. The van der Waals surface area contributed by atoms with Crippen LogP contribution in [0.2, 0.25) is 10.0 Å². The summed E-state index contributed by atoms with van der Waals surface area (Å²) in [4.78, 5) is 22.9. The minimum atomic E-state index is -0.283. The molecular weight excluding hydrogens is 275 g/mol. The molecule has 0 aliphatic carbocycles. The third-order valence-corrected chi connectivity index (χ3v) is 2.71.